The standard InChI is InChI=1S/C21H22N4OS/c1-3-4-15-9-14(5-7-19(15)23-2)11-24-21-18(22)6-8-20(25-21)16-10-17(12-26)27-13-16/h3-10,13,26H,2,11-12,22H2,1H3,(H,24,25)/b4-3-. The number of hydrogen-bond donors (Lipinski definition) is 3. The number of anilines is 2. The molecule has 3 aromatic rings. The largest absolute Gasteiger partial charge is 0.396 e. The smallest absolute Gasteiger partial charge is 0.150 e. The van der Waals surface area contributed by atoms with Crippen molar-refractivity contribution in [3.8, 4) is 11.3 Å². The zero-order valence-corrected chi connectivity index (χ0v) is 16.0. The van der Waals surface area contributed by atoms with Gasteiger partial charge in [-0.05, 0) is 49.5 Å². The van der Waals surface area contributed by atoms with Gasteiger partial charge >= 0.3 is 0 Å². The third-order valence-electron chi connectivity index (χ3n) is 4.10. The van der Waals surface area contributed by atoms with E-state index in [0.717, 1.165) is 32.9 Å². The van der Waals surface area contributed by atoms with E-state index in [2.05, 4.69) is 28.1 Å². The van der Waals surface area contributed by atoms with Crippen molar-refractivity contribution in [2.24, 2.45) is 4.99 Å². The first kappa shape index (κ1) is 18.8. The molecule has 2 heterocycles. The zero-order chi connectivity index (χ0) is 19.2. The van der Waals surface area contributed by atoms with Gasteiger partial charge in [0.05, 0.1) is 23.7 Å². The number of nitrogens with two attached hydrogens (primary N) is 1. The van der Waals surface area contributed by atoms with Crippen molar-refractivity contribution in [1.82, 2.24) is 4.98 Å². The molecule has 1 aromatic carbocycles. The topological polar surface area (TPSA) is 83.5 Å². The van der Waals surface area contributed by atoms with E-state index in [1.165, 1.54) is 11.3 Å². The van der Waals surface area contributed by atoms with E-state index in [1.54, 1.807) is 0 Å². The summed E-state index contributed by atoms with van der Waals surface area (Å²) in [6.45, 7) is 6.21. The molecule has 0 saturated heterocycles. The maximum Gasteiger partial charge on any atom is 0.150 e. The maximum atomic E-state index is 9.25. The molecule has 0 spiro atoms. The molecule has 0 saturated carbocycles. The van der Waals surface area contributed by atoms with Crippen LogP contribution in [-0.2, 0) is 13.2 Å². The summed E-state index contributed by atoms with van der Waals surface area (Å²) in [4.78, 5) is 9.60. The van der Waals surface area contributed by atoms with Crippen LogP contribution in [0.4, 0.5) is 17.2 Å². The van der Waals surface area contributed by atoms with Crippen LogP contribution in [0.25, 0.3) is 17.3 Å². The normalized spacial score (nSPS) is 11.0. The third-order valence-corrected chi connectivity index (χ3v) is 5.02. The molecule has 0 amide bonds. The van der Waals surface area contributed by atoms with Crippen molar-refractivity contribution in [3.63, 3.8) is 0 Å². The van der Waals surface area contributed by atoms with Gasteiger partial charge in [-0.15, -0.1) is 11.3 Å². The number of rotatable bonds is 7. The Bertz CT molecular complexity index is 978. The predicted molar refractivity (Wildman–Crippen MR) is 116 cm³/mol. The molecular formula is C21H22N4OS. The van der Waals surface area contributed by atoms with Crippen LogP contribution >= 0.6 is 11.3 Å². The van der Waals surface area contributed by atoms with Crippen LogP contribution in [0.15, 0.2) is 52.8 Å². The fourth-order valence-electron chi connectivity index (χ4n) is 2.73. The number of allylic oxidation sites excluding steroid dienone is 1. The zero-order valence-electron chi connectivity index (χ0n) is 15.1. The summed E-state index contributed by atoms with van der Waals surface area (Å²) in [6.07, 6.45) is 3.99. The summed E-state index contributed by atoms with van der Waals surface area (Å²) in [5.41, 5.74) is 11.5. The predicted octanol–water partition coefficient (Wildman–Crippen LogP) is 4.86. The van der Waals surface area contributed by atoms with Crippen molar-refractivity contribution >= 4 is 41.3 Å². The lowest BCUT2D eigenvalue weighted by molar-refractivity contribution is 0.285. The van der Waals surface area contributed by atoms with Crippen LogP contribution in [0.1, 0.15) is 22.9 Å². The Kier molecular flexibility index (Phi) is 6.01. The maximum absolute atomic E-state index is 9.25. The van der Waals surface area contributed by atoms with E-state index in [0.29, 0.717) is 18.1 Å². The van der Waals surface area contributed by atoms with Crippen molar-refractivity contribution in [1.29, 1.82) is 0 Å². The number of benzene rings is 1. The fraction of sp³-hybridized carbons (Fsp3) is 0.143. The number of aliphatic hydroxyl groups excluding tert-OH is 1. The van der Waals surface area contributed by atoms with Crippen LogP contribution in [0.3, 0.4) is 0 Å². The van der Waals surface area contributed by atoms with Gasteiger partial charge in [0.2, 0.25) is 0 Å². The molecule has 0 aliphatic carbocycles. The molecule has 0 unspecified atom stereocenters. The SMILES string of the molecule is C=Nc1ccc(CNc2nc(-c3csc(CO)c3)ccc2N)cc1/C=C\C. The Morgan fingerprint density at radius 3 is 2.85 bits per heavy atom. The lowest BCUT2D eigenvalue weighted by Crippen LogP contribution is -2.05. The summed E-state index contributed by atoms with van der Waals surface area (Å²) in [7, 11) is 0. The molecule has 0 fully saturated rings. The summed E-state index contributed by atoms with van der Waals surface area (Å²) >= 11 is 1.51. The molecule has 4 N–H and O–H groups in total. The van der Waals surface area contributed by atoms with Crippen LogP contribution in [0.5, 0.6) is 0 Å². The monoisotopic (exact) mass is 378 g/mol. The molecular weight excluding hydrogens is 356 g/mol. The minimum Gasteiger partial charge on any atom is -0.396 e. The third kappa shape index (κ3) is 4.42. The number of thiophene rings is 1. The first-order chi connectivity index (χ1) is 13.1. The lowest BCUT2D eigenvalue weighted by atomic mass is 10.1. The average Bonchev–Trinajstić information content (AvgIpc) is 3.17. The van der Waals surface area contributed by atoms with Gasteiger partial charge in [0.25, 0.3) is 0 Å². The molecule has 0 bridgehead atoms. The van der Waals surface area contributed by atoms with Crippen LogP contribution < -0.4 is 11.1 Å². The average molecular weight is 379 g/mol. The van der Waals surface area contributed by atoms with Gasteiger partial charge in [-0.3, -0.25) is 4.99 Å². The molecule has 0 atom stereocenters. The fourth-order valence-corrected chi connectivity index (χ4v) is 3.46. The second-order valence-electron chi connectivity index (χ2n) is 6.00. The number of pyridine rings is 1. The number of aliphatic hydroxyl groups is 1. The highest BCUT2D eigenvalue weighted by Crippen LogP contribution is 2.28. The molecule has 5 nitrogen and oxygen atoms in total. The van der Waals surface area contributed by atoms with Gasteiger partial charge in [0.1, 0.15) is 5.82 Å². The Balaban J connectivity index is 1.80. The molecule has 0 radical (unpaired) electrons. The van der Waals surface area contributed by atoms with Crippen molar-refractivity contribution in [2.75, 3.05) is 11.1 Å². The van der Waals surface area contributed by atoms with E-state index in [1.807, 2.05) is 54.8 Å². The molecule has 3 rings (SSSR count). The summed E-state index contributed by atoms with van der Waals surface area (Å²) < 4.78 is 0. The van der Waals surface area contributed by atoms with E-state index in [9.17, 15) is 5.11 Å². The quantitative estimate of drug-likeness (QED) is 0.513. The second kappa shape index (κ2) is 8.62. The van der Waals surface area contributed by atoms with Crippen molar-refractivity contribution in [2.45, 2.75) is 20.1 Å². The van der Waals surface area contributed by atoms with E-state index < -0.39 is 0 Å². The van der Waals surface area contributed by atoms with Gasteiger partial charge in [0, 0.05) is 27.9 Å². The summed E-state index contributed by atoms with van der Waals surface area (Å²) in [5.74, 6) is 0.641. The van der Waals surface area contributed by atoms with Crippen LogP contribution in [-0.4, -0.2) is 16.8 Å². The van der Waals surface area contributed by atoms with Gasteiger partial charge in [-0.25, -0.2) is 4.98 Å². The Hall–Kier alpha value is -2.96. The number of aliphatic imine (C=N–C) groups is 1. The molecule has 0 aliphatic heterocycles. The van der Waals surface area contributed by atoms with E-state index in [4.69, 9.17) is 5.73 Å². The van der Waals surface area contributed by atoms with Crippen molar-refractivity contribution in [3.05, 3.63) is 63.9 Å². The van der Waals surface area contributed by atoms with Gasteiger partial charge in [-0.2, -0.15) is 0 Å². The lowest BCUT2D eigenvalue weighted by Gasteiger charge is -2.11. The summed E-state index contributed by atoms with van der Waals surface area (Å²) in [5, 5.41) is 14.5. The van der Waals surface area contributed by atoms with Gasteiger partial charge < -0.3 is 16.2 Å². The number of nitrogen functional groups attached to an aromatic ring is 1. The highest BCUT2D eigenvalue weighted by Gasteiger charge is 2.08. The minimum atomic E-state index is 0.0366. The van der Waals surface area contributed by atoms with Gasteiger partial charge in [-0.1, -0.05) is 18.2 Å². The molecule has 138 valence electrons. The first-order valence-corrected chi connectivity index (χ1v) is 9.44. The highest BCUT2D eigenvalue weighted by molar-refractivity contribution is 7.10. The summed E-state index contributed by atoms with van der Waals surface area (Å²) in [6, 6.07) is 11.7. The molecule has 0 aliphatic rings. The van der Waals surface area contributed by atoms with E-state index in [-0.39, 0.29) is 6.61 Å². The van der Waals surface area contributed by atoms with Gasteiger partial charge in [0.15, 0.2) is 0 Å². The molecule has 2 aromatic heterocycles. The number of aromatic nitrogens is 1. The Morgan fingerprint density at radius 2 is 2.15 bits per heavy atom. The Labute approximate surface area is 162 Å². The number of nitrogens with zero attached hydrogens (tertiary/aromatic N) is 2. The number of nitrogens with one attached hydrogen (secondary N) is 1. The number of hydrogen-bond acceptors (Lipinski definition) is 6. The second-order valence-corrected chi connectivity index (χ2v) is 6.99. The minimum absolute atomic E-state index is 0.0366. The van der Waals surface area contributed by atoms with Crippen LogP contribution in [0, 0.1) is 0 Å². The van der Waals surface area contributed by atoms with Crippen LogP contribution in [0.2, 0.25) is 0 Å². The molecule has 27 heavy (non-hydrogen) atoms. The van der Waals surface area contributed by atoms with E-state index >= 15 is 0 Å². The first-order valence-electron chi connectivity index (χ1n) is 8.56. The van der Waals surface area contributed by atoms with Crippen molar-refractivity contribution < 1.29 is 5.11 Å². The highest BCUT2D eigenvalue weighted by atomic mass is 32.1. The Morgan fingerprint density at radius 1 is 1.30 bits per heavy atom. The molecule has 6 heteroatoms.